The van der Waals surface area contributed by atoms with E-state index in [0.29, 0.717) is 28.9 Å². The Morgan fingerprint density at radius 1 is 1.15 bits per heavy atom. The van der Waals surface area contributed by atoms with Gasteiger partial charge in [-0.3, -0.25) is 0 Å². The van der Waals surface area contributed by atoms with E-state index in [-0.39, 0.29) is 12.8 Å². The Labute approximate surface area is 115 Å². The summed E-state index contributed by atoms with van der Waals surface area (Å²) in [5, 5.41) is 5.55. The zero-order valence-electron chi connectivity index (χ0n) is 11.4. The van der Waals surface area contributed by atoms with Gasteiger partial charge in [0.25, 0.3) is 0 Å². The van der Waals surface area contributed by atoms with Crippen LogP contribution in [0.4, 0.5) is 24.8 Å². The topological polar surface area (TPSA) is 49.8 Å². The maximum atomic E-state index is 13.0. The van der Waals surface area contributed by atoms with Gasteiger partial charge in [-0.15, -0.1) is 0 Å². The Balaban J connectivity index is 1.94. The Bertz CT molecular complexity index is 533. The van der Waals surface area contributed by atoms with Crippen molar-refractivity contribution < 1.29 is 13.2 Å². The van der Waals surface area contributed by atoms with Crippen LogP contribution in [0.15, 0.2) is 0 Å². The second kappa shape index (κ2) is 4.23. The third kappa shape index (κ3) is 2.19. The summed E-state index contributed by atoms with van der Waals surface area (Å²) < 4.78 is 39.1. The van der Waals surface area contributed by atoms with Crippen molar-refractivity contribution in [1.29, 1.82) is 0 Å². The predicted molar refractivity (Wildman–Crippen MR) is 69.9 cm³/mol. The van der Waals surface area contributed by atoms with Crippen LogP contribution in [0.5, 0.6) is 0 Å². The van der Waals surface area contributed by atoms with E-state index in [0.717, 1.165) is 12.8 Å². The molecule has 20 heavy (non-hydrogen) atoms. The van der Waals surface area contributed by atoms with Gasteiger partial charge >= 0.3 is 6.18 Å². The molecule has 0 bridgehead atoms. The quantitative estimate of drug-likeness (QED) is 0.892. The Morgan fingerprint density at radius 2 is 1.75 bits per heavy atom. The number of nitrogens with one attached hydrogen (secondary N) is 2. The minimum Gasteiger partial charge on any atom is -0.373 e. The molecule has 2 aliphatic carbocycles. The zero-order chi connectivity index (χ0) is 14.5. The number of nitrogens with zero attached hydrogens (tertiary/aromatic N) is 2. The van der Waals surface area contributed by atoms with Crippen molar-refractivity contribution in [1.82, 2.24) is 9.97 Å². The first-order chi connectivity index (χ1) is 9.36. The van der Waals surface area contributed by atoms with Gasteiger partial charge in [0.15, 0.2) is 0 Å². The van der Waals surface area contributed by atoms with Gasteiger partial charge in [-0.25, -0.2) is 9.97 Å². The molecular weight excluding hydrogens is 269 g/mol. The molecule has 0 spiro atoms. The zero-order valence-corrected chi connectivity index (χ0v) is 11.4. The van der Waals surface area contributed by atoms with Gasteiger partial charge in [0.1, 0.15) is 23.0 Å². The highest BCUT2D eigenvalue weighted by Crippen LogP contribution is 2.51. The minimum atomic E-state index is -4.25. The first-order valence-corrected chi connectivity index (χ1v) is 6.77. The molecule has 2 fully saturated rings. The number of alkyl halides is 3. The van der Waals surface area contributed by atoms with Crippen molar-refractivity contribution in [3.8, 4) is 0 Å². The lowest BCUT2D eigenvalue weighted by molar-refractivity contribution is -0.151. The van der Waals surface area contributed by atoms with Crippen molar-refractivity contribution in [2.45, 2.75) is 50.2 Å². The Kier molecular flexibility index (Phi) is 2.85. The molecule has 1 heterocycles. The summed E-state index contributed by atoms with van der Waals surface area (Å²) in [6.07, 6.45) is -2.02. The monoisotopic (exact) mass is 286 g/mol. The van der Waals surface area contributed by atoms with Crippen molar-refractivity contribution in [3.63, 3.8) is 0 Å². The van der Waals surface area contributed by atoms with Gasteiger partial charge in [0.05, 0.1) is 0 Å². The molecule has 0 aromatic carbocycles. The van der Waals surface area contributed by atoms with Crippen LogP contribution in [0.25, 0.3) is 0 Å². The van der Waals surface area contributed by atoms with E-state index in [9.17, 15) is 13.2 Å². The number of hydrogen-bond acceptors (Lipinski definition) is 4. The summed E-state index contributed by atoms with van der Waals surface area (Å²) in [5.41, 5.74) is -1.16. The molecule has 0 atom stereocenters. The van der Waals surface area contributed by atoms with Crippen molar-refractivity contribution in [2.75, 3.05) is 17.7 Å². The van der Waals surface area contributed by atoms with Gasteiger partial charge in [0.2, 0.25) is 0 Å². The molecule has 0 saturated heterocycles. The van der Waals surface area contributed by atoms with Crippen LogP contribution < -0.4 is 10.6 Å². The van der Waals surface area contributed by atoms with Crippen LogP contribution >= 0.6 is 0 Å². The molecule has 0 unspecified atom stereocenters. The Morgan fingerprint density at radius 3 is 2.20 bits per heavy atom. The van der Waals surface area contributed by atoms with E-state index >= 15 is 0 Å². The molecule has 1 aromatic rings. The molecule has 2 aliphatic rings. The highest BCUT2D eigenvalue weighted by Gasteiger charge is 2.63. The number of rotatable bonds is 4. The molecule has 2 saturated carbocycles. The first kappa shape index (κ1) is 13.5. The highest BCUT2D eigenvalue weighted by atomic mass is 19.4. The van der Waals surface area contributed by atoms with Crippen LogP contribution in [-0.4, -0.2) is 28.7 Å². The molecule has 0 amide bonds. The fourth-order valence-corrected chi connectivity index (χ4v) is 2.25. The summed E-state index contributed by atoms with van der Waals surface area (Å²) in [5.74, 6) is 1.84. The SMILES string of the molecule is CNc1nc(C2CC2)nc(NC2(C(F)(F)F)CC2)c1C. The van der Waals surface area contributed by atoms with Crippen LogP contribution in [0, 0.1) is 6.92 Å². The fourth-order valence-electron chi connectivity index (χ4n) is 2.25. The number of anilines is 2. The highest BCUT2D eigenvalue weighted by molar-refractivity contribution is 5.59. The predicted octanol–water partition coefficient (Wildman–Crippen LogP) is 3.21. The van der Waals surface area contributed by atoms with Gasteiger partial charge in [-0.05, 0) is 32.6 Å². The molecular formula is C13H17F3N4. The largest absolute Gasteiger partial charge is 0.411 e. The summed E-state index contributed by atoms with van der Waals surface area (Å²) in [6.45, 7) is 1.73. The lowest BCUT2D eigenvalue weighted by Crippen LogP contribution is -2.39. The third-order valence-electron chi connectivity index (χ3n) is 3.99. The molecule has 7 heteroatoms. The Hall–Kier alpha value is -1.53. The van der Waals surface area contributed by atoms with E-state index in [2.05, 4.69) is 20.6 Å². The average Bonchev–Trinajstić information content (AvgIpc) is 3.24. The lowest BCUT2D eigenvalue weighted by Gasteiger charge is -2.23. The third-order valence-corrected chi connectivity index (χ3v) is 3.99. The second-order valence-electron chi connectivity index (χ2n) is 5.63. The molecule has 4 nitrogen and oxygen atoms in total. The first-order valence-electron chi connectivity index (χ1n) is 6.77. The van der Waals surface area contributed by atoms with E-state index < -0.39 is 11.7 Å². The van der Waals surface area contributed by atoms with Crippen molar-refractivity contribution in [3.05, 3.63) is 11.4 Å². The number of halogens is 3. The summed E-state index contributed by atoms with van der Waals surface area (Å²) in [7, 11) is 1.71. The molecule has 0 radical (unpaired) electrons. The molecule has 0 aliphatic heterocycles. The number of aromatic nitrogens is 2. The molecule has 1 aromatic heterocycles. The van der Waals surface area contributed by atoms with Crippen molar-refractivity contribution in [2.24, 2.45) is 0 Å². The van der Waals surface area contributed by atoms with Crippen LogP contribution in [0.3, 0.4) is 0 Å². The van der Waals surface area contributed by atoms with Crippen molar-refractivity contribution >= 4 is 11.6 Å². The maximum Gasteiger partial charge on any atom is 0.411 e. The second-order valence-corrected chi connectivity index (χ2v) is 5.63. The normalized spacial score (nSPS) is 20.6. The van der Waals surface area contributed by atoms with E-state index in [1.165, 1.54) is 0 Å². The molecule has 3 rings (SSSR count). The smallest absolute Gasteiger partial charge is 0.373 e. The number of hydrogen-bond donors (Lipinski definition) is 2. The van der Waals surface area contributed by atoms with Gasteiger partial charge in [0, 0.05) is 18.5 Å². The minimum absolute atomic E-state index is 0.105. The fraction of sp³-hybridized carbons (Fsp3) is 0.692. The average molecular weight is 286 g/mol. The maximum absolute atomic E-state index is 13.0. The van der Waals surface area contributed by atoms with Crippen LogP contribution in [0.2, 0.25) is 0 Å². The summed E-state index contributed by atoms with van der Waals surface area (Å²) in [6, 6.07) is 0. The van der Waals surface area contributed by atoms with Crippen LogP contribution in [-0.2, 0) is 0 Å². The summed E-state index contributed by atoms with van der Waals surface area (Å²) >= 11 is 0. The van der Waals surface area contributed by atoms with Gasteiger partial charge in [-0.1, -0.05) is 0 Å². The summed E-state index contributed by atoms with van der Waals surface area (Å²) in [4.78, 5) is 8.70. The van der Waals surface area contributed by atoms with E-state index in [1.54, 1.807) is 14.0 Å². The standard InChI is InChI=1S/C13H17F3N4/c1-7-9(17-2)18-11(8-3-4-8)19-10(7)20-12(5-6-12)13(14,15)16/h8H,3-6H2,1-2H3,(H2,17,18,19,20). The lowest BCUT2D eigenvalue weighted by atomic mass is 10.2. The van der Waals surface area contributed by atoms with Gasteiger partial charge < -0.3 is 10.6 Å². The van der Waals surface area contributed by atoms with E-state index in [1.807, 2.05) is 0 Å². The van der Waals surface area contributed by atoms with Crippen LogP contribution in [0.1, 0.15) is 43.0 Å². The van der Waals surface area contributed by atoms with E-state index in [4.69, 9.17) is 0 Å². The molecule has 110 valence electrons. The molecule has 2 N–H and O–H groups in total. The van der Waals surface area contributed by atoms with Gasteiger partial charge in [-0.2, -0.15) is 13.2 Å².